The lowest BCUT2D eigenvalue weighted by molar-refractivity contribution is 0.412. The van der Waals surface area contributed by atoms with E-state index in [1.54, 1.807) is 14.0 Å². The van der Waals surface area contributed by atoms with E-state index in [4.69, 9.17) is 27.9 Å². The van der Waals surface area contributed by atoms with Crippen molar-refractivity contribution < 1.29 is 4.74 Å². The van der Waals surface area contributed by atoms with Crippen LogP contribution in [0.1, 0.15) is 5.56 Å². The van der Waals surface area contributed by atoms with Crippen molar-refractivity contribution >= 4 is 39.1 Å². The summed E-state index contributed by atoms with van der Waals surface area (Å²) in [6.07, 6.45) is 0. The first-order valence-corrected chi connectivity index (χ1v) is 6.61. The molecule has 0 N–H and O–H groups in total. The Morgan fingerprint density at radius 1 is 1.17 bits per heavy atom. The summed E-state index contributed by atoms with van der Waals surface area (Å²) in [4.78, 5) is 8.42. The Balaban J connectivity index is 2.52. The van der Waals surface area contributed by atoms with Crippen LogP contribution in [-0.2, 0) is 0 Å². The summed E-state index contributed by atoms with van der Waals surface area (Å²) in [5, 5.41) is 0.717. The zero-order valence-electron chi connectivity index (χ0n) is 9.67. The Bertz CT molecular complexity index is 582. The van der Waals surface area contributed by atoms with Crippen LogP contribution in [-0.4, -0.2) is 17.1 Å². The highest BCUT2D eigenvalue weighted by atomic mass is 79.9. The summed E-state index contributed by atoms with van der Waals surface area (Å²) in [6.45, 7) is 1.78. The fourth-order valence-electron chi connectivity index (χ4n) is 1.40. The van der Waals surface area contributed by atoms with Gasteiger partial charge in [-0.1, -0.05) is 23.2 Å². The highest BCUT2D eigenvalue weighted by molar-refractivity contribution is 9.10. The molecular weight excluding hydrogens is 339 g/mol. The minimum Gasteiger partial charge on any atom is -0.496 e. The van der Waals surface area contributed by atoms with E-state index in [9.17, 15) is 0 Å². The maximum Gasteiger partial charge on any atom is 0.162 e. The smallest absolute Gasteiger partial charge is 0.162 e. The highest BCUT2D eigenvalue weighted by Crippen LogP contribution is 2.31. The standard InChI is InChI=1S/C12H9BrCl2N2O/c1-6-10(14)16-12(17-11(6)15)7-3-4-9(18-2)8(13)5-7/h3-5H,1-2H3. The molecule has 18 heavy (non-hydrogen) atoms. The molecule has 0 unspecified atom stereocenters. The Hall–Kier alpha value is -0.840. The maximum absolute atomic E-state index is 6.00. The van der Waals surface area contributed by atoms with Crippen molar-refractivity contribution in [2.24, 2.45) is 0 Å². The average Bonchev–Trinajstić information content (AvgIpc) is 2.35. The van der Waals surface area contributed by atoms with Gasteiger partial charge in [0.25, 0.3) is 0 Å². The first kappa shape index (κ1) is 13.6. The number of benzene rings is 1. The normalized spacial score (nSPS) is 10.5. The molecule has 3 nitrogen and oxygen atoms in total. The lowest BCUT2D eigenvalue weighted by Gasteiger charge is -2.07. The summed E-state index contributed by atoms with van der Waals surface area (Å²) in [5.74, 6) is 1.22. The molecule has 0 fully saturated rings. The molecule has 0 spiro atoms. The molecule has 0 saturated heterocycles. The third-order valence-electron chi connectivity index (χ3n) is 2.44. The third-order valence-corrected chi connectivity index (χ3v) is 3.79. The molecule has 94 valence electrons. The summed E-state index contributed by atoms with van der Waals surface area (Å²) >= 11 is 15.4. The van der Waals surface area contributed by atoms with E-state index in [0.717, 1.165) is 15.8 Å². The molecular formula is C12H9BrCl2N2O. The van der Waals surface area contributed by atoms with Crippen LogP contribution in [0.2, 0.25) is 10.3 Å². The van der Waals surface area contributed by atoms with E-state index in [-0.39, 0.29) is 0 Å². The van der Waals surface area contributed by atoms with Crippen LogP contribution in [0.3, 0.4) is 0 Å². The minimum absolute atomic E-state index is 0.358. The Morgan fingerprint density at radius 2 is 1.78 bits per heavy atom. The molecule has 6 heteroatoms. The van der Waals surface area contributed by atoms with E-state index in [1.807, 2.05) is 18.2 Å². The number of nitrogens with zero attached hydrogens (tertiary/aromatic N) is 2. The molecule has 0 aliphatic carbocycles. The van der Waals surface area contributed by atoms with Crippen LogP contribution in [0.15, 0.2) is 22.7 Å². The molecule has 1 aromatic carbocycles. The topological polar surface area (TPSA) is 35.0 Å². The lowest BCUT2D eigenvalue weighted by Crippen LogP contribution is -1.94. The van der Waals surface area contributed by atoms with Crippen molar-refractivity contribution in [2.75, 3.05) is 7.11 Å². The number of hydrogen-bond donors (Lipinski definition) is 0. The van der Waals surface area contributed by atoms with E-state index >= 15 is 0 Å². The van der Waals surface area contributed by atoms with Gasteiger partial charge in [-0.15, -0.1) is 0 Å². The van der Waals surface area contributed by atoms with Gasteiger partial charge in [0.05, 0.1) is 11.6 Å². The van der Waals surface area contributed by atoms with Crippen LogP contribution in [0.5, 0.6) is 5.75 Å². The quantitative estimate of drug-likeness (QED) is 0.748. The molecule has 2 aromatic rings. The molecule has 2 rings (SSSR count). The van der Waals surface area contributed by atoms with Crippen LogP contribution in [0.25, 0.3) is 11.4 Å². The van der Waals surface area contributed by atoms with E-state index in [2.05, 4.69) is 25.9 Å². The zero-order valence-corrected chi connectivity index (χ0v) is 12.8. The SMILES string of the molecule is COc1ccc(-c2nc(Cl)c(C)c(Cl)n2)cc1Br. The second kappa shape index (κ2) is 5.43. The van der Waals surface area contributed by atoms with E-state index in [1.165, 1.54) is 0 Å². The first-order chi connectivity index (χ1) is 8.52. The van der Waals surface area contributed by atoms with Gasteiger partial charge in [0.15, 0.2) is 5.82 Å². The molecule has 0 bridgehead atoms. The number of aromatic nitrogens is 2. The Morgan fingerprint density at radius 3 is 2.28 bits per heavy atom. The van der Waals surface area contributed by atoms with Gasteiger partial charge in [-0.05, 0) is 41.1 Å². The van der Waals surface area contributed by atoms with Crippen LogP contribution in [0, 0.1) is 6.92 Å². The monoisotopic (exact) mass is 346 g/mol. The van der Waals surface area contributed by atoms with Gasteiger partial charge in [0, 0.05) is 11.1 Å². The predicted molar refractivity (Wildman–Crippen MR) is 76.5 cm³/mol. The van der Waals surface area contributed by atoms with Crippen LogP contribution < -0.4 is 4.74 Å². The van der Waals surface area contributed by atoms with E-state index < -0.39 is 0 Å². The number of methoxy groups -OCH3 is 1. The largest absolute Gasteiger partial charge is 0.496 e. The van der Waals surface area contributed by atoms with Crippen molar-refractivity contribution in [2.45, 2.75) is 6.92 Å². The third kappa shape index (κ3) is 2.60. The summed E-state index contributed by atoms with van der Waals surface area (Å²) < 4.78 is 5.98. The number of rotatable bonds is 2. The highest BCUT2D eigenvalue weighted by Gasteiger charge is 2.10. The Labute approximate surface area is 123 Å². The van der Waals surface area contributed by atoms with Gasteiger partial charge in [0.2, 0.25) is 0 Å². The molecule has 0 atom stereocenters. The molecule has 0 aliphatic heterocycles. The minimum atomic E-state index is 0.358. The first-order valence-electron chi connectivity index (χ1n) is 5.06. The number of halogens is 3. The number of hydrogen-bond acceptors (Lipinski definition) is 3. The van der Waals surface area contributed by atoms with Crippen LogP contribution >= 0.6 is 39.1 Å². The van der Waals surface area contributed by atoms with Gasteiger partial charge < -0.3 is 4.74 Å². The molecule has 0 aliphatic rings. The van der Waals surface area contributed by atoms with Crippen molar-refractivity contribution in [1.29, 1.82) is 0 Å². The molecule has 0 radical (unpaired) electrons. The number of ether oxygens (including phenoxy) is 1. The van der Waals surface area contributed by atoms with Crippen LogP contribution in [0.4, 0.5) is 0 Å². The van der Waals surface area contributed by atoms with Crippen molar-refractivity contribution in [3.63, 3.8) is 0 Å². The van der Waals surface area contributed by atoms with Gasteiger partial charge in [-0.25, -0.2) is 9.97 Å². The van der Waals surface area contributed by atoms with Crippen molar-refractivity contribution in [3.8, 4) is 17.1 Å². The molecule has 0 amide bonds. The fraction of sp³-hybridized carbons (Fsp3) is 0.167. The van der Waals surface area contributed by atoms with Gasteiger partial charge >= 0.3 is 0 Å². The summed E-state index contributed by atoms with van der Waals surface area (Å²) in [6, 6.07) is 5.53. The van der Waals surface area contributed by atoms with Gasteiger partial charge in [-0.3, -0.25) is 0 Å². The fourth-order valence-corrected chi connectivity index (χ4v) is 2.33. The molecule has 1 aromatic heterocycles. The molecule has 0 saturated carbocycles. The maximum atomic E-state index is 6.00. The molecule has 1 heterocycles. The predicted octanol–water partition coefficient (Wildman–Crippen LogP) is 4.53. The van der Waals surface area contributed by atoms with Gasteiger partial charge in [0.1, 0.15) is 16.1 Å². The average molecular weight is 348 g/mol. The second-order valence-corrected chi connectivity index (χ2v) is 5.17. The lowest BCUT2D eigenvalue weighted by atomic mass is 10.2. The zero-order chi connectivity index (χ0) is 13.3. The van der Waals surface area contributed by atoms with Gasteiger partial charge in [-0.2, -0.15) is 0 Å². The summed E-state index contributed by atoms with van der Waals surface area (Å²) in [7, 11) is 1.61. The summed E-state index contributed by atoms with van der Waals surface area (Å²) in [5.41, 5.74) is 1.49. The second-order valence-electron chi connectivity index (χ2n) is 3.60. The van der Waals surface area contributed by atoms with Crippen molar-refractivity contribution in [3.05, 3.63) is 38.5 Å². The Kier molecular flexibility index (Phi) is 4.10. The van der Waals surface area contributed by atoms with E-state index in [0.29, 0.717) is 21.7 Å². The van der Waals surface area contributed by atoms with Crippen molar-refractivity contribution in [1.82, 2.24) is 9.97 Å².